The van der Waals surface area contributed by atoms with Gasteiger partial charge in [-0.15, -0.1) is 0 Å². The maximum absolute atomic E-state index is 12.0. The number of hydrogen-bond donors (Lipinski definition) is 1. The SMILES string of the molecule is CCOc1ccc(C(N)CC(=O)N2CCCC2)cc1. The van der Waals surface area contributed by atoms with Crippen molar-refractivity contribution in [3.8, 4) is 5.75 Å². The first-order chi connectivity index (χ1) is 9.20. The zero-order valence-corrected chi connectivity index (χ0v) is 11.5. The highest BCUT2D eigenvalue weighted by Crippen LogP contribution is 2.20. The number of carbonyl (C=O) groups is 1. The second-order valence-corrected chi connectivity index (χ2v) is 4.90. The minimum absolute atomic E-state index is 0.166. The van der Waals surface area contributed by atoms with Crippen molar-refractivity contribution in [3.05, 3.63) is 29.8 Å². The number of nitrogens with zero attached hydrogens (tertiary/aromatic N) is 1. The molecule has 1 aromatic rings. The molecule has 0 spiro atoms. The average Bonchev–Trinajstić information content (AvgIpc) is 2.94. The van der Waals surface area contributed by atoms with E-state index < -0.39 is 0 Å². The normalized spacial score (nSPS) is 16.4. The van der Waals surface area contributed by atoms with E-state index in [1.807, 2.05) is 36.1 Å². The van der Waals surface area contributed by atoms with Gasteiger partial charge >= 0.3 is 0 Å². The summed E-state index contributed by atoms with van der Waals surface area (Å²) < 4.78 is 5.39. The third-order valence-electron chi connectivity index (χ3n) is 3.47. The summed E-state index contributed by atoms with van der Waals surface area (Å²) in [6, 6.07) is 7.45. The molecule has 1 saturated heterocycles. The average molecular weight is 262 g/mol. The van der Waals surface area contributed by atoms with Crippen LogP contribution in [0.15, 0.2) is 24.3 Å². The number of nitrogens with two attached hydrogens (primary N) is 1. The van der Waals surface area contributed by atoms with Crippen LogP contribution in [0.2, 0.25) is 0 Å². The van der Waals surface area contributed by atoms with Gasteiger partial charge in [0.1, 0.15) is 5.75 Å². The summed E-state index contributed by atoms with van der Waals surface area (Å²) in [5.41, 5.74) is 7.08. The van der Waals surface area contributed by atoms with Crippen LogP contribution in [0, 0.1) is 0 Å². The van der Waals surface area contributed by atoms with E-state index in [1.54, 1.807) is 0 Å². The quantitative estimate of drug-likeness (QED) is 0.884. The van der Waals surface area contributed by atoms with Gasteiger partial charge in [0.15, 0.2) is 0 Å². The standard InChI is InChI=1S/C15H22N2O2/c1-2-19-13-7-5-12(6-8-13)14(16)11-15(18)17-9-3-4-10-17/h5-8,14H,2-4,9-11,16H2,1H3. The van der Waals surface area contributed by atoms with Gasteiger partial charge in [0.05, 0.1) is 6.61 Å². The zero-order valence-electron chi connectivity index (χ0n) is 11.5. The summed E-state index contributed by atoms with van der Waals surface area (Å²) in [7, 11) is 0. The molecule has 1 atom stereocenters. The van der Waals surface area contributed by atoms with Crippen LogP contribution in [-0.4, -0.2) is 30.5 Å². The van der Waals surface area contributed by atoms with Gasteiger partial charge in [-0.05, 0) is 37.5 Å². The third-order valence-corrected chi connectivity index (χ3v) is 3.47. The lowest BCUT2D eigenvalue weighted by molar-refractivity contribution is -0.130. The summed E-state index contributed by atoms with van der Waals surface area (Å²) in [6.07, 6.45) is 2.61. The Bertz CT molecular complexity index is 411. The van der Waals surface area contributed by atoms with Gasteiger partial charge in [0, 0.05) is 25.6 Å². The summed E-state index contributed by atoms with van der Waals surface area (Å²) >= 11 is 0. The minimum Gasteiger partial charge on any atom is -0.494 e. The summed E-state index contributed by atoms with van der Waals surface area (Å²) in [5.74, 6) is 1.00. The Kier molecular flexibility index (Phi) is 4.80. The smallest absolute Gasteiger partial charge is 0.224 e. The van der Waals surface area contributed by atoms with E-state index in [-0.39, 0.29) is 11.9 Å². The topological polar surface area (TPSA) is 55.6 Å². The Morgan fingerprint density at radius 2 is 1.95 bits per heavy atom. The summed E-state index contributed by atoms with van der Waals surface area (Å²) in [4.78, 5) is 13.9. The van der Waals surface area contributed by atoms with E-state index >= 15 is 0 Å². The number of likely N-dealkylation sites (tertiary alicyclic amines) is 1. The van der Waals surface area contributed by atoms with Crippen LogP contribution in [0.4, 0.5) is 0 Å². The van der Waals surface area contributed by atoms with Gasteiger partial charge < -0.3 is 15.4 Å². The molecule has 1 aliphatic rings. The number of carbonyl (C=O) groups excluding carboxylic acids is 1. The molecular weight excluding hydrogens is 240 g/mol. The Morgan fingerprint density at radius 3 is 2.53 bits per heavy atom. The first-order valence-corrected chi connectivity index (χ1v) is 6.97. The molecule has 104 valence electrons. The molecule has 0 bridgehead atoms. The zero-order chi connectivity index (χ0) is 13.7. The van der Waals surface area contributed by atoms with Crippen molar-refractivity contribution in [1.82, 2.24) is 4.90 Å². The molecule has 0 radical (unpaired) electrons. The highest BCUT2D eigenvalue weighted by molar-refractivity contribution is 5.77. The maximum Gasteiger partial charge on any atom is 0.224 e. The van der Waals surface area contributed by atoms with Gasteiger partial charge in [0.25, 0.3) is 0 Å². The second-order valence-electron chi connectivity index (χ2n) is 4.90. The molecular formula is C15H22N2O2. The Labute approximate surface area is 114 Å². The molecule has 1 unspecified atom stereocenters. The minimum atomic E-state index is -0.233. The predicted molar refractivity (Wildman–Crippen MR) is 75.0 cm³/mol. The molecule has 1 aromatic carbocycles. The van der Waals surface area contributed by atoms with Crippen molar-refractivity contribution in [2.24, 2.45) is 5.73 Å². The Balaban J connectivity index is 1.91. The van der Waals surface area contributed by atoms with Crippen LogP contribution in [0.25, 0.3) is 0 Å². The number of amides is 1. The van der Waals surface area contributed by atoms with Gasteiger partial charge in [-0.25, -0.2) is 0 Å². The summed E-state index contributed by atoms with van der Waals surface area (Å²) in [6.45, 7) is 4.37. The predicted octanol–water partition coefficient (Wildman–Crippen LogP) is 2.10. The number of benzene rings is 1. The number of hydrogen-bond acceptors (Lipinski definition) is 3. The van der Waals surface area contributed by atoms with Crippen molar-refractivity contribution in [2.45, 2.75) is 32.2 Å². The molecule has 1 amide bonds. The van der Waals surface area contributed by atoms with Crippen LogP contribution >= 0.6 is 0 Å². The number of ether oxygens (including phenoxy) is 1. The fourth-order valence-electron chi connectivity index (χ4n) is 2.38. The van der Waals surface area contributed by atoms with Crippen LogP contribution in [0.3, 0.4) is 0 Å². The lowest BCUT2D eigenvalue weighted by Crippen LogP contribution is -2.30. The first-order valence-electron chi connectivity index (χ1n) is 6.97. The van der Waals surface area contributed by atoms with E-state index in [4.69, 9.17) is 10.5 Å². The van der Waals surface area contributed by atoms with E-state index in [9.17, 15) is 4.79 Å². The molecule has 0 saturated carbocycles. The van der Waals surface area contributed by atoms with Crippen LogP contribution in [0.5, 0.6) is 5.75 Å². The first kappa shape index (κ1) is 13.9. The van der Waals surface area contributed by atoms with Crippen molar-refractivity contribution in [3.63, 3.8) is 0 Å². The van der Waals surface area contributed by atoms with E-state index in [0.717, 1.165) is 37.2 Å². The van der Waals surface area contributed by atoms with Crippen LogP contribution < -0.4 is 10.5 Å². The van der Waals surface area contributed by atoms with E-state index in [2.05, 4.69) is 0 Å². The molecule has 0 aliphatic carbocycles. The maximum atomic E-state index is 12.0. The van der Waals surface area contributed by atoms with Crippen molar-refractivity contribution in [1.29, 1.82) is 0 Å². The fourth-order valence-corrected chi connectivity index (χ4v) is 2.38. The Hall–Kier alpha value is -1.55. The van der Waals surface area contributed by atoms with E-state index in [0.29, 0.717) is 13.0 Å². The van der Waals surface area contributed by atoms with E-state index in [1.165, 1.54) is 0 Å². The highest BCUT2D eigenvalue weighted by Gasteiger charge is 2.20. The van der Waals surface area contributed by atoms with Gasteiger partial charge in [0.2, 0.25) is 5.91 Å². The largest absolute Gasteiger partial charge is 0.494 e. The van der Waals surface area contributed by atoms with Gasteiger partial charge in [-0.1, -0.05) is 12.1 Å². The third kappa shape index (κ3) is 3.70. The Morgan fingerprint density at radius 1 is 1.32 bits per heavy atom. The van der Waals surface area contributed by atoms with Crippen LogP contribution in [0.1, 0.15) is 37.8 Å². The molecule has 2 rings (SSSR count). The molecule has 2 N–H and O–H groups in total. The molecule has 4 heteroatoms. The summed E-state index contributed by atoms with van der Waals surface area (Å²) in [5, 5.41) is 0. The fraction of sp³-hybridized carbons (Fsp3) is 0.533. The lowest BCUT2D eigenvalue weighted by Gasteiger charge is -2.18. The van der Waals surface area contributed by atoms with Crippen molar-refractivity contribution < 1.29 is 9.53 Å². The molecule has 1 aliphatic heterocycles. The van der Waals surface area contributed by atoms with Gasteiger partial charge in [-0.3, -0.25) is 4.79 Å². The van der Waals surface area contributed by atoms with Gasteiger partial charge in [-0.2, -0.15) is 0 Å². The second kappa shape index (κ2) is 6.57. The molecule has 1 fully saturated rings. The van der Waals surface area contributed by atoms with Crippen molar-refractivity contribution in [2.75, 3.05) is 19.7 Å². The number of rotatable bonds is 5. The van der Waals surface area contributed by atoms with Crippen molar-refractivity contribution >= 4 is 5.91 Å². The lowest BCUT2D eigenvalue weighted by atomic mass is 10.0. The molecule has 0 aromatic heterocycles. The molecule has 19 heavy (non-hydrogen) atoms. The highest BCUT2D eigenvalue weighted by atomic mass is 16.5. The molecule has 4 nitrogen and oxygen atoms in total. The van der Waals surface area contributed by atoms with Crippen LogP contribution in [-0.2, 0) is 4.79 Å². The molecule has 1 heterocycles. The monoisotopic (exact) mass is 262 g/mol.